The Bertz CT molecular complexity index is 325. The molecule has 0 rings (SSSR count). The summed E-state index contributed by atoms with van der Waals surface area (Å²) in [5.41, 5.74) is 0. The predicted molar refractivity (Wildman–Crippen MR) is 99.2 cm³/mol. The summed E-state index contributed by atoms with van der Waals surface area (Å²) >= 11 is 0. The number of allylic oxidation sites excluding steroid dienone is 2. The van der Waals surface area contributed by atoms with E-state index in [9.17, 15) is 4.79 Å². The smallest absolute Gasteiger partial charge is 0.384 e. The Balaban J connectivity index is 3.11. The van der Waals surface area contributed by atoms with Gasteiger partial charge in [0.25, 0.3) is 0 Å². The molecule has 132 valence electrons. The number of unbranched alkanes of at least 4 members (excludes halogenated alkanes) is 12. The van der Waals surface area contributed by atoms with Crippen molar-refractivity contribution < 1.29 is 9.53 Å². The molecule has 0 unspecified atom stereocenters. The summed E-state index contributed by atoms with van der Waals surface area (Å²) in [5.74, 6) is 1.41. The zero-order chi connectivity index (χ0) is 17.0. The number of hydrogen-bond acceptors (Lipinski definition) is 2. The SMILES string of the molecule is C#CC(=O)OCCCCCCCCC=CCCCCCCCC. The van der Waals surface area contributed by atoms with Gasteiger partial charge < -0.3 is 4.74 Å². The third-order valence-corrected chi connectivity index (χ3v) is 4.01. The molecule has 0 saturated heterocycles. The third kappa shape index (κ3) is 18.7. The maximum atomic E-state index is 10.7. The van der Waals surface area contributed by atoms with Crippen LogP contribution in [-0.4, -0.2) is 12.6 Å². The van der Waals surface area contributed by atoms with Crippen LogP contribution in [0, 0.1) is 12.3 Å². The van der Waals surface area contributed by atoms with Crippen molar-refractivity contribution in [3.63, 3.8) is 0 Å². The Morgan fingerprint density at radius 2 is 1.30 bits per heavy atom. The summed E-state index contributed by atoms with van der Waals surface area (Å²) in [4.78, 5) is 10.7. The van der Waals surface area contributed by atoms with Crippen LogP contribution in [0.5, 0.6) is 0 Å². The van der Waals surface area contributed by atoms with Crippen LogP contribution in [0.15, 0.2) is 12.2 Å². The van der Waals surface area contributed by atoms with Gasteiger partial charge in [-0.05, 0) is 32.1 Å². The van der Waals surface area contributed by atoms with Crippen LogP contribution in [0.4, 0.5) is 0 Å². The van der Waals surface area contributed by atoms with Crippen molar-refractivity contribution in [3.05, 3.63) is 12.2 Å². The van der Waals surface area contributed by atoms with Gasteiger partial charge in [0.05, 0.1) is 6.61 Å². The highest BCUT2D eigenvalue weighted by atomic mass is 16.5. The summed E-state index contributed by atoms with van der Waals surface area (Å²) in [6.45, 7) is 2.73. The molecule has 0 aromatic carbocycles. The zero-order valence-electron chi connectivity index (χ0n) is 15.2. The first-order valence-electron chi connectivity index (χ1n) is 9.59. The number of hydrogen-bond donors (Lipinski definition) is 0. The third-order valence-electron chi connectivity index (χ3n) is 4.01. The monoisotopic (exact) mass is 320 g/mol. The number of carbonyl (C=O) groups excluding carboxylic acids is 1. The number of ether oxygens (including phenoxy) is 1. The average molecular weight is 321 g/mol. The van der Waals surface area contributed by atoms with E-state index in [0.29, 0.717) is 6.61 Å². The molecular weight excluding hydrogens is 284 g/mol. The van der Waals surface area contributed by atoms with E-state index in [1.165, 1.54) is 77.0 Å². The van der Waals surface area contributed by atoms with E-state index in [-0.39, 0.29) is 0 Å². The summed E-state index contributed by atoms with van der Waals surface area (Å²) in [5, 5.41) is 0. The molecule has 23 heavy (non-hydrogen) atoms. The van der Waals surface area contributed by atoms with Gasteiger partial charge in [0, 0.05) is 5.92 Å². The van der Waals surface area contributed by atoms with Gasteiger partial charge in [-0.2, -0.15) is 0 Å². The van der Waals surface area contributed by atoms with Crippen LogP contribution in [-0.2, 0) is 9.53 Å². The van der Waals surface area contributed by atoms with E-state index in [1.54, 1.807) is 0 Å². The van der Waals surface area contributed by atoms with Gasteiger partial charge in [0.2, 0.25) is 0 Å². The molecule has 0 N–H and O–H groups in total. The highest BCUT2D eigenvalue weighted by Crippen LogP contribution is 2.09. The maximum Gasteiger partial charge on any atom is 0.384 e. The van der Waals surface area contributed by atoms with Crippen LogP contribution in [0.3, 0.4) is 0 Å². The standard InChI is InChI=1S/C21H36O2/c1-3-5-6-7-8-9-10-11-12-13-14-15-16-17-18-19-20-23-21(22)4-2/h2,11-12H,3,5-10,13-20H2,1H3. The second-order valence-corrected chi connectivity index (χ2v) is 6.22. The first kappa shape index (κ1) is 21.8. The molecule has 2 nitrogen and oxygen atoms in total. The fourth-order valence-electron chi connectivity index (χ4n) is 2.56. The zero-order valence-corrected chi connectivity index (χ0v) is 15.2. The fourth-order valence-corrected chi connectivity index (χ4v) is 2.56. The second-order valence-electron chi connectivity index (χ2n) is 6.22. The molecule has 0 bridgehead atoms. The Hall–Kier alpha value is -1.23. The Morgan fingerprint density at radius 1 is 0.826 bits per heavy atom. The Morgan fingerprint density at radius 3 is 1.83 bits per heavy atom. The minimum atomic E-state index is -0.544. The fraction of sp³-hybridized carbons (Fsp3) is 0.762. The maximum absolute atomic E-state index is 10.7. The lowest BCUT2D eigenvalue weighted by atomic mass is 10.1. The van der Waals surface area contributed by atoms with Crippen molar-refractivity contribution in [2.45, 2.75) is 96.8 Å². The molecule has 0 amide bonds. The molecule has 0 heterocycles. The highest BCUT2D eigenvalue weighted by molar-refractivity contribution is 5.87. The summed E-state index contributed by atoms with van der Waals surface area (Å²) in [7, 11) is 0. The van der Waals surface area contributed by atoms with Crippen molar-refractivity contribution in [2.24, 2.45) is 0 Å². The van der Waals surface area contributed by atoms with Gasteiger partial charge in [-0.25, -0.2) is 4.79 Å². The molecule has 0 saturated carbocycles. The van der Waals surface area contributed by atoms with Crippen molar-refractivity contribution in [2.75, 3.05) is 6.61 Å². The molecular formula is C21H36O2. The molecule has 0 radical (unpaired) electrons. The lowest BCUT2D eigenvalue weighted by Gasteiger charge is -2.01. The van der Waals surface area contributed by atoms with Crippen LogP contribution in [0.2, 0.25) is 0 Å². The number of esters is 1. The van der Waals surface area contributed by atoms with Gasteiger partial charge in [0.1, 0.15) is 0 Å². The van der Waals surface area contributed by atoms with E-state index in [0.717, 1.165) is 12.8 Å². The van der Waals surface area contributed by atoms with Crippen molar-refractivity contribution >= 4 is 5.97 Å². The van der Waals surface area contributed by atoms with Gasteiger partial charge in [-0.1, -0.05) is 76.9 Å². The van der Waals surface area contributed by atoms with E-state index >= 15 is 0 Å². The average Bonchev–Trinajstić information content (AvgIpc) is 2.57. The molecule has 0 spiro atoms. The van der Waals surface area contributed by atoms with E-state index in [1.807, 2.05) is 5.92 Å². The minimum absolute atomic E-state index is 0.463. The molecule has 0 aliphatic heterocycles. The van der Waals surface area contributed by atoms with Crippen molar-refractivity contribution in [1.82, 2.24) is 0 Å². The minimum Gasteiger partial charge on any atom is -0.456 e. The van der Waals surface area contributed by atoms with Crippen molar-refractivity contribution in [1.29, 1.82) is 0 Å². The van der Waals surface area contributed by atoms with Gasteiger partial charge >= 0.3 is 5.97 Å². The molecule has 0 aromatic rings. The Kier molecular flexibility index (Phi) is 17.8. The van der Waals surface area contributed by atoms with Crippen LogP contribution in [0.25, 0.3) is 0 Å². The number of carbonyl (C=O) groups is 1. The van der Waals surface area contributed by atoms with Crippen LogP contribution < -0.4 is 0 Å². The summed E-state index contributed by atoms with van der Waals surface area (Å²) < 4.78 is 4.83. The van der Waals surface area contributed by atoms with Gasteiger partial charge in [-0.15, -0.1) is 6.42 Å². The molecule has 2 heteroatoms. The lowest BCUT2D eigenvalue weighted by molar-refractivity contribution is -0.136. The first-order valence-corrected chi connectivity index (χ1v) is 9.59. The van der Waals surface area contributed by atoms with Crippen molar-refractivity contribution in [3.8, 4) is 12.3 Å². The normalized spacial score (nSPS) is 10.8. The quantitative estimate of drug-likeness (QED) is 0.111. The lowest BCUT2D eigenvalue weighted by Crippen LogP contribution is -2.02. The van der Waals surface area contributed by atoms with Gasteiger partial charge in [0.15, 0.2) is 0 Å². The van der Waals surface area contributed by atoms with E-state index in [4.69, 9.17) is 11.2 Å². The number of rotatable bonds is 16. The predicted octanol–water partition coefficient (Wildman–Crippen LogP) is 6.20. The van der Waals surface area contributed by atoms with Crippen LogP contribution in [0.1, 0.15) is 96.8 Å². The number of terminal acetylenes is 1. The summed E-state index contributed by atoms with van der Waals surface area (Å²) in [6, 6.07) is 0. The van der Waals surface area contributed by atoms with Gasteiger partial charge in [-0.3, -0.25) is 0 Å². The highest BCUT2D eigenvalue weighted by Gasteiger charge is 1.96. The molecule has 0 atom stereocenters. The topological polar surface area (TPSA) is 26.3 Å². The van der Waals surface area contributed by atoms with E-state index < -0.39 is 5.97 Å². The first-order chi connectivity index (χ1) is 11.3. The summed E-state index contributed by atoms with van der Waals surface area (Å²) in [6.07, 6.45) is 27.5. The molecule has 0 aliphatic rings. The van der Waals surface area contributed by atoms with Crippen LogP contribution >= 0.6 is 0 Å². The molecule has 0 fully saturated rings. The van der Waals surface area contributed by atoms with E-state index in [2.05, 4.69) is 19.1 Å². The molecule has 0 aromatic heterocycles. The Labute approximate surface area is 144 Å². The second kappa shape index (κ2) is 18.8. The largest absolute Gasteiger partial charge is 0.456 e. The molecule has 0 aliphatic carbocycles.